The van der Waals surface area contributed by atoms with Crippen molar-refractivity contribution in [3.8, 4) is 0 Å². The molecule has 0 bridgehead atoms. The first-order valence-electron chi connectivity index (χ1n) is 8.78. The topological polar surface area (TPSA) is 69.6 Å². The second-order valence-electron chi connectivity index (χ2n) is 6.19. The smallest absolute Gasteiger partial charge is 0.304 e. The summed E-state index contributed by atoms with van der Waals surface area (Å²) in [5.41, 5.74) is 1.01. The molecule has 1 unspecified atom stereocenters. The van der Waals surface area contributed by atoms with Gasteiger partial charge in [0.2, 0.25) is 5.91 Å². The van der Waals surface area contributed by atoms with E-state index >= 15 is 0 Å². The normalized spacial score (nSPS) is 17.8. The van der Waals surface area contributed by atoms with E-state index in [1.807, 2.05) is 0 Å². The number of carbonyl (C=O) groups is 2. The molecule has 0 radical (unpaired) electrons. The Kier molecular flexibility index (Phi) is 9.28. The van der Waals surface area contributed by atoms with Crippen LogP contribution in [0, 0.1) is 5.82 Å². The van der Waals surface area contributed by atoms with E-state index in [1.165, 1.54) is 22.9 Å². The fraction of sp³-hybridized carbons (Fsp3) is 0.556. The van der Waals surface area contributed by atoms with E-state index in [0.717, 1.165) is 37.1 Å². The molecular weight excluding hydrogens is 375 g/mol. The van der Waals surface area contributed by atoms with Crippen molar-refractivity contribution >= 4 is 33.5 Å². The maximum atomic E-state index is 13.0. The molecule has 144 valence electrons. The van der Waals surface area contributed by atoms with Crippen molar-refractivity contribution in [2.24, 2.45) is 0 Å². The standard InChI is InChI=1S/C18H25FN2O3S2/c19-15-6-4-14(5-7-15)13-21-10-2-1-3-16(21)18(24)20-9-12-26-25-11-8-17(22)23/h4-7,16H,1-3,8-13H2,(H,20,24)(H,22,23). The van der Waals surface area contributed by atoms with Gasteiger partial charge >= 0.3 is 5.97 Å². The van der Waals surface area contributed by atoms with Crippen LogP contribution >= 0.6 is 21.6 Å². The van der Waals surface area contributed by atoms with Crippen LogP contribution in [-0.4, -0.2) is 52.5 Å². The largest absolute Gasteiger partial charge is 0.481 e. The van der Waals surface area contributed by atoms with Crippen LogP contribution in [0.3, 0.4) is 0 Å². The van der Waals surface area contributed by atoms with E-state index in [4.69, 9.17) is 5.11 Å². The quantitative estimate of drug-likeness (QED) is 0.464. The third kappa shape index (κ3) is 7.55. The highest BCUT2D eigenvalue weighted by atomic mass is 33.1. The van der Waals surface area contributed by atoms with Crippen molar-refractivity contribution in [2.75, 3.05) is 24.6 Å². The zero-order chi connectivity index (χ0) is 18.8. The zero-order valence-electron chi connectivity index (χ0n) is 14.7. The molecule has 2 rings (SSSR count). The van der Waals surface area contributed by atoms with Crippen LogP contribution in [0.25, 0.3) is 0 Å². The van der Waals surface area contributed by atoms with Gasteiger partial charge < -0.3 is 10.4 Å². The minimum atomic E-state index is -0.787. The Morgan fingerprint density at radius 1 is 1.19 bits per heavy atom. The van der Waals surface area contributed by atoms with E-state index in [-0.39, 0.29) is 24.2 Å². The van der Waals surface area contributed by atoms with E-state index in [9.17, 15) is 14.0 Å². The molecule has 0 aliphatic carbocycles. The first kappa shape index (κ1) is 21.1. The van der Waals surface area contributed by atoms with Gasteiger partial charge in [-0.1, -0.05) is 40.1 Å². The van der Waals surface area contributed by atoms with Crippen molar-refractivity contribution < 1.29 is 19.1 Å². The summed E-state index contributed by atoms with van der Waals surface area (Å²) in [6.45, 7) is 2.10. The molecule has 1 aliphatic heterocycles. The Labute approximate surface area is 161 Å². The molecule has 1 fully saturated rings. The van der Waals surface area contributed by atoms with Gasteiger partial charge in [0.1, 0.15) is 5.82 Å². The first-order valence-corrected chi connectivity index (χ1v) is 11.3. The molecule has 1 aromatic rings. The highest BCUT2D eigenvalue weighted by Crippen LogP contribution is 2.22. The van der Waals surface area contributed by atoms with Crippen molar-refractivity contribution in [1.82, 2.24) is 10.2 Å². The molecule has 1 aliphatic rings. The average molecular weight is 401 g/mol. The Bertz CT molecular complexity index is 586. The summed E-state index contributed by atoms with van der Waals surface area (Å²) in [6.07, 6.45) is 3.11. The fourth-order valence-electron chi connectivity index (χ4n) is 2.88. The van der Waals surface area contributed by atoms with Crippen LogP contribution in [0.15, 0.2) is 24.3 Å². The van der Waals surface area contributed by atoms with Gasteiger partial charge in [-0.15, -0.1) is 0 Å². The van der Waals surface area contributed by atoms with Crippen LogP contribution in [0.2, 0.25) is 0 Å². The van der Waals surface area contributed by atoms with Crippen molar-refractivity contribution in [3.05, 3.63) is 35.6 Å². The number of carbonyl (C=O) groups excluding carboxylic acids is 1. The van der Waals surface area contributed by atoms with Crippen molar-refractivity contribution in [2.45, 2.75) is 38.3 Å². The predicted octanol–water partition coefficient (Wildman–Crippen LogP) is 3.15. The minimum absolute atomic E-state index is 0.0444. The SMILES string of the molecule is O=C(O)CCSSCCNC(=O)C1CCCCN1Cc1ccc(F)cc1. The minimum Gasteiger partial charge on any atom is -0.481 e. The molecule has 0 saturated carbocycles. The summed E-state index contributed by atoms with van der Waals surface area (Å²) >= 11 is 0. The Hall–Kier alpha value is -1.25. The number of carboxylic acids is 1. The Morgan fingerprint density at radius 3 is 2.65 bits per heavy atom. The van der Waals surface area contributed by atoms with Crippen molar-refractivity contribution in [3.63, 3.8) is 0 Å². The molecule has 5 nitrogen and oxygen atoms in total. The molecule has 0 aromatic heterocycles. The molecular formula is C18H25FN2O3S2. The van der Waals surface area contributed by atoms with Gasteiger partial charge in [-0.3, -0.25) is 14.5 Å². The fourth-order valence-corrected chi connectivity index (χ4v) is 4.77. The number of aliphatic carboxylic acids is 1. The molecule has 26 heavy (non-hydrogen) atoms. The predicted molar refractivity (Wildman–Crippen MR) is 105 cm³/mol. The number of nitrogens with zero attached hydrogens (tertiary/aromatic N) is 1. The molecule has 8 heteroatoms. The number of hydrogen-bond acceptors (Lipinski definition) is 5. The van der Waals surface area contributed by atoms with Gasteiger partial charge in [0, 0.05) is 24.6 Å². The number of carboxylic acid groups (broad SMARTS) is 1. The molecule has 1 saturated heterocycles. The summed E-state index contributed by atoms with van der Waals surface area (Å²) in [5, 5.41) is 11.6. The van der Waals surface area contributed by atoms with Gasteiger partial charge in [0.25, 0.3) is 0 Å². The third-order valence-electron chi connectivity index (χ3n) is 4.18. The van der Waals surface area contributed by atoms with E-state index in [2.05, 4.69) is 10.2 Å². The zero-order valence-corrected chi connectivity index (χ0v) is 16.3. The van der Waals surface area contributed by atoms with Gasteiger partial charge in [-0.25, -0.2) is 4.39 Å². The molecule has 1 aromatic carbocycles. The summed E-state index contributed by atoms with van der Waals surface area (Å²) in [6, 6.07) is 6.30. The lowest BCUT2D eigenvalue weighted by Gasteiger charge is -2.34. The van der Waals surface area contributed by atoms with Crippen LogP contribution < -0.4 is 5.32 Å². The first-order chi connectivity index (χ1) is 12.6. The third-order valence-corrected chi connectivity index (χ3v) is 6.59. The average Bonchev–Trinajstić information content (AvgIpc) is 2.63. The number of amides is 1. The van der Waals surface area contributed by atoms with Crippen LogP contribution in [0.5, 0.6) is 0 Å². The number of rotatable bonds is 10. The number of hydrogen-bond donors (Lipinski definition) is 2. The lowest BCUT2D eigenvalue weighted by atomic mass is 10.0. The maximum Gasteiger partial charge on any atom is 0.304 e. The molecule has 0 spiro atoms. The Morgan fingerprint density at radius 2 is 1.92 bits per heavy atom. The van der Waals surface area contributed by atoms with Crippen LogP contribution in [0.1, 0.15) is 31.2 Å². The molecule has 2 N–H and O–H groups in total. The van der Waals surface area contributed by atoms with E-state index < -0.39 is 5.97 Å². The summed E-state index contributed by atoms with van der Waals surface area (Å²) in [5.74, 6) is 0.330. The number of nitrogens with one attached hydrogen (secondary N) is 1. The van der Waals surface area contributed by atoms with Gasteiger partial charge in [-0.05, 0) is 37.1 Å². The molecule has 1 amide bonds. The summed E-state index contributed by atoms with van der Waals surface area (Å²) in [4.78, 5) is 25.1. The highest BCUT2D eigenvalue weighted by Gasteiger charge is 2.28. The lowest BCUT2D eigenvalue weighted by Crippen LogP contribution is -2.49. The number of benzene rings is 1. The summed E-state index contributed by atoms with van der Waals surface area (Å²) < 4.78 is 13.0. The van der Waals surface area contributed by atoms with Crippen LogP contribution in [0.4, 0.5) is 4.39 Å². The van der Waals surface area contributed by atoms with Gasteiger partial charge in [0.05, 0.1) is 12.5 Å². The highest BCUT2D eigenvalue weighted by molar-refractivity contribution is 8.76. The van der Waals surface area contributed by atoms with E-state index in [1.54, 1.807) is 22.9 Å². The number of likely N-dealkylation sites (tertiary alicyclic amines) is 1. The van der Waals surface area contributed by atoms with Gasteiger partial charge in [0.15, 0.2) is 0 Å². The second kappa shape index (κ2) is 11.5. The molecule has 1 heterocycles. The van der Waals surface area contributed by atoms with E-state index in [0.29, 0.717) is 18.8 Å². The van der Waals surface area contributed by atoms with Crippen molar-refractivity contribution in [1.29, 1.82) is 0 Å². The monoisotopic (exact) mass is 400 g/mol. The maximum absolute atomic E-state index is 13.0. The summed E-state index contributed by atoms with van der Waals surface area (Å²) in [7, 11) is 3.09. The van der Waals surface area contributed by atoms with Gasteiger partial charge in [-0.2, -0.15) is 0 Å². The second-order valence-corrected chi connectivity index (χ2v) is 8.89. The Balaban J connectivity index is 1.72. The lowest BCUT2D eigenvalue weighted by molar-refractivity contribution is -0.136. The molecule has 1 atom stereocenters. The number of piperidine rings is 1. The van der Waals surface area contributed by atoms with Crippen LogP contribution in [-0.2, 0) is 16.1 Å². The number of halogens is 1.